The zero-order chi connectivity index (χ0) is 11.9. The average Bonchev–Trinajstić information content (AvgIpc) is 2.96. The second-order valence-corrected chi connectivity index (χ2v) is 5.25. The van der Waals surface area contributed by atoms with Crippen LogP contribution in [0, 0.1) is 6.92 Å². The number of rotatable bonds is 3. The van der Waals surface area contributed by atoms with Crippen molar-refractivity contribution in [3.63, 3.8) is 0 Å². The molecule has 2 rings (SSSR count). The standard InChI is InChI=1S/C14H21NO/c1-9(2)11-7-12(14(4)8-15-14)10(3)6-13(11)16-5/h6-7,9,15H,8H2,1-5H3. The van der Waals surface area contributed by atoms with Crippen molar-refractivity contribution in [2.75, 3.05) is 13.7 Å². The third-order valence-electron chi connectivity index (χ3n) is 3.50. The zero-order valence-electron chi connectivity index (χ0n) is 10.8. The first kappa shape index (κ1) is 11.5. The van der Waals surface area contributed by atoms with Gasteiger partial charge in [-0.15, -0.1) is 0 Å². The Morgan fingerprint density at radius 1 is 1.38 bits per heavy atom. The highest BCUT2D eigenvalue weighted by Gasteiger charge is 2.39. The maximum absolute atomic E-state index is 5.46. The first-order valence-electron chi connectivity index (χ1n) is 5.92. The van der Waals surface area contributed by atoms with E-state index >= 15 is 0 Å². The fraction of sp³-hybridized carbons (Fsp3) is 0.571. The minimum atomic E-state index is 0.194. The molecule has 0 aliphatic carbocycles. The van der Waals surface area contributed by atoms with Gasteiger partial charge in [0.1, 0.15) is 5.75 Å². The van der Waals surface area contributed by atoms with Crippen LogP contribution in [0.2, 0.25) is 0 Å². The molecule has 1 atom stereocenters. The van der Waals surface area contributed by atoms with E-state index in [1.807, 2.05) is 0 Å². The van der Waals surface area contributed by atoms with Gasteiger partial charge < -0.3 is 10.1 Å². The predicted octanol–water partition coefficient (Wildman–Crippen LogP) is 2.95. The van der Waals surface area contributed by atoms with Gasteiger partial charge in [-0.2, -0.15) is 0 Å². The molecular formula is C14H21NO. The first-order chi connectivity index (χ1) is 7.48. The molecule has 0 radical (unpaired) electrons. The average molecular weight is 219 g/mol. The minimum Gasteiger partial charge on any atom is -0.496 e. The van der Waals surface area contributed by atoms with Crippen LogP contribution >= 0.6 is 0 Å². The van der Waals surface area contributed by atoms with Crippen LogP contribution in [0.15, 0.2) is 12.1 Å². The van der Waals surface area contributed by atoms with E-state index in [0.717, 1.165) is 12.3 Å². The topological polar surface area (TPSA) is 31.2 Å². The smallest absolute Gasteiger partial charge is 0.122 e. The minimum absolute atomic E-state index is 0.194. The predicted molar refractivity (Wildman–Crippen MR) is 67.2 cm³/mol. The maximum Gasteiger partial charge on any atom is 0.122 e. The van der Waals surface area contributed by atoms with Crippen LogP contribution in [-0.2, 0) is 5.54 Å². The van der Waals surface area contributed by atoms with E-state index in [2.05, 4.69) is 45.1 Å². The Kier molecular flexibility index (Phi) is 2.70. The van der Waals surface area contributed by atoms with Gasteiger partial charge in [0, 0.05) is 6.54 Å². The van der Waals surface area contributed by atoms with Crippen LogP contribution in [0.1, 0.15) is 43.4 Å². The Morgan fingerprint density at radius 2 is 2.00 bits per heavy atom. The number of hydrogen-bond acceptors (Lipinski definition) is 2. The van der Waals surface area contributed by atoms with Gasteiger partial charge in [0.05, 0.1) is 12.6 Å². The highest BCUT2D eigenvalue weighted by Crippen LogP contribution is 2.37. The summed E-state index contributed by atoms with van der Waals surface area (Å²) in [6, 6.07) is 4.47. The third-order valence-corrected chi connectivity index (χ3v) is 3.50. The van der Waals surface area contributed by atoms with Crippen molar-refractivity contribution >= 4 is 0 Å². The molecule has 88 valence electrons. The molecule has 1 aliphatic heterocycles. The van der Waals surface area contributed by atoms with Crippen LogP contribution in [0.25, 0.3) is 0 Å². The van der Waals surface area contributed by atoms with Gasteiger partial charge >= 0.3 is 0 Å². The summed E-state index contributed by atoms with van der Waals surface area (Å²) >= 11 is 0. The second-order valence-electron chi connectivity index (χ2n) is 5.25. The van der Waals surface area contributed by atoms with Crippen LogP contribution in [0.3, 0.4) is 0 Å². The molecule has 1 heterocycles. The molecule has 0 amide bonds. The van der Waals surface area contributed by atoms with Gasteiger partial charge in [-0.25, -0.2) is 0 Å². The van der Waals surface area contributed by atoms with Crippen LogP contribution in [-0.4, -0.2) is 13.7 Å². The van der Waals surface area contributed by atoms with Gasteiger partial charge in [0.15, 0.2) is 0 Å². The van der Waals surface area contributed by atoms with E-state index in [9.17, 15) is 0 Å². The number of nitrogens with one attached hydrogen (secondary N) is 1. The molecule has 1 saturated heterocycles. The highest BCUT2D eigenvalue weighted by molar-refractivity contribution is 5.48. The van der Waals surface area contributed by atoms with E-state index in [1.54, 1.807) is 7.11 Å². The Hall–Kier alpha value is -1.02. The van der Waals surface area contributed by atoms with E-state index in [4.69, 9.17) is 4.74 Å². The van der Waals surface area contributed by atoms with Gasteiger partial charge in [-0.3, -0.25) is 0 Å². The Bertz CT molecular complexity index is 405. The molecule has 16 heavy (non-hydrogen) atoms. The SMILES string of the molecule is COc1cc(C)c(C2(C)CN2)cc1C(C)C. The van der Waals surface area contributed by atoms with E-state index in [1.165, 1.54) is 16.7 Å². The Morgan fingerprint density at radius 3 is 2.44 bits per heavy atom. The fourth-order valence-corrected chi connectivity index (χ4v) is 2.24. The van der Waals surface area contributed by atoms with Crippen LogP contribution in [0.4, 0.5) is 0 Å². The molecule has 1 N–H and O–H groups in total. The summed E-state index contributed by atoms with van der Waals surface area (Å²) in [7, 11) is 1.75. The number of ether oxygens (including phenoxy) is 1. The molecule has 1 aromatic carbocycles. The summed E-state index contributed by atoms with van der Waals surface area (Å²) in [5.74, 6) is 1.51. The Labute approximate surface area is 98.0 Å². The van der Waals surface area contributed by atoms with Gasteiger partial charge in [0.25, 0.3) is 0 Å². The largest absolute Gasteiger partial charge is 0.496 e. The quantitative estimate of drug-likeness (QED) is 0.792. The normalized spacial score (nSPS) is 23.6. The molecule has 0 spiro atoms. The van der Waals surface area contributed by atoms with E-state index in [0.29, 0.717) is 5.92 Å². The molecule has 0 saturated carbocycles. The lowest BCUT2D eigenvalue weighted by Gasteiger charge is -2.18. The lowest BCUT2D eigenvalue weighted by molar-refractivity contribution is 0.406. The summed E-state index contributed by atoms with van der Waals surface area (Å²) in [4.78, 5) is 0. The van der Waals surface area contributed by atoms with Crippen molar-refractivity contribution in [1.29, 1.82) is 0 Å². The molecule has 1 fully saturated rings. The highest BCUT2D eigenvalue weighted by atomic mass is 16.5. The van der Waals surface area contributed by atoms with Crippen molar-refractivity contribution in [2.24, 2.45) is 0 Å². The molecule has 2 heteroatoms. The number of hydrogen-bond donors (Lipinski definition) is 1. The lowest BCUT2D eigenvalue weighted by Crippen LogP contribution is -2.10. The fourth-order valence-electron chi connectivity index (χ4n) is 2.24. The number of methoxy groups -OCH3 is 1. The second kappa shape index (κ2) is 3.77. The van der Waals surface area contributed by atoms with Gasteiger partial charge in [-0.1, -0.05) is 13.8 Å². The summed E-state index contributed by atoms with van der Waals surface area (Å²) in [6.07, 6.45) is 0. The van der Waals surface area contributed by atoms with Crippen molar-refractivity contribution in [3.8, 4) is 5.75 Å². The monoisotopic (exact) mass is 219 g/mol. The van der Waals surface area contributed by atoms with Crippen LogP contribution in [0.5, 0.6) is 5.75 Å². The maximum atomic E-state index is 5.46. The van der Waals surface area contributed by atoms with Crippen molar-refractivity contribution < 1.29 is 4.74 Å². The van der Waals surface area contributed by atoms with Crippen molar-refractivity contribution in [1.82, 2.24) is 5.32 Å². The molecule has 1 aliphatic rings. The molecule has 0 aromatic heterocycles. The molecule has 0 bridgehead atoms. The summed E-state index contributed by atoms with van der Waals surface area (Å²) < 4.78 is 5.46. The summed E-state index contributed by atoms with van der Waals surface area (Å²) in [5.41, 5.74) is 4.23. The lowest BCUT2D eigenvalue weighted by atomic mass is 9.90. The molecular weight excluding hydrogens is 198 g/mol. The number of benzene rings is 1. The van der Waals surface area contributed by atoms with E-state index in [-0.39, 0.29) is 5.54 Å². The first-order valence-corrected chi connectivity index (χ1v) is 5.92. The van der Waals surface area contributed by atoms with Crippen molar-refractivity contribution in [3.05, 3.63) is 28.8 Å². The van der Waals surface area contributed by atoms with Crippen molar-refractivity contribution in [2.45, 2.75) is 39.2 Å². The number of aryl methyl sites for hydroxylation is 1. The van der Waals surface area contributed by atoms with E-state index < -0.39 is 0 Å². The molecule has 1 aromatic rings. The van der Waals surface area contributed by atoms with Gasteiger partial charge in [-0.05, 0) is 48.6 Å². The summed E-state index contributed by atoms with van der Waals surface area (Å²) in [5, 5.41) is 3.43. The zero-order valence-corrected chi connectivity index (χ0v) is 10.8. The third kappa shape index (κ3) is 1.82. The Balaban J connectivity index is 2.52. The van der Waals surface area contributed by atoms with Gasteiger partial charge in [0.2, 0.25) is 0 Å². The summed E-state index contributed by atoms with van der Waals surface area (Å²) in [6.45, 7) is 9.91. The molecule has 2 nitrogen and oxygen atoms in total. The molecule has 1 unspecified atom stereocenters. The van der Waals surface area contributed by atoms with Crippen LogP contribution < -0.4 is 10.1 Å².